The molecule has 0 bridgehead atoms. The lowest BCUT2D eigenvalue weighted by molar-refractivity contribution is 0.0697. The van der Waals surface area contributed by atoms with Gasteiger partial charge in [0.15, 0.2) is 11.6 Å². The van der Waals surface area contributed by atoms with Crippen LogP contribution in [-0.4, -0.2) is 28.0 Å². The molecule has 3 rings (SSSR count). The first kappa shape index (κ1) is 14.8. The molecule has 0 fully saturated rings. The highest BCUT2D eigenvalue weighted by atomic mass is 19.1. The van der Waals surface area contributed by atoms with E-state index >= 15 is 0 Å². The minimum atomic E-state index is -0.991. The van der Waals surface area contributed by atoms with Crippen LogP contribution in [0.4, 0.5) is 4.39 Å². The van der Waals surface area contributed by atoms with E-state index in [-0.39, 0.29) is 11.3 Å². The Morgan fingerprint density at radius 1 is 1.17 bits per heavy atom. The van der Waals surface area contributed by atoms with Crippen LogP contribution in [0.15, 0.2) is 54.7 Å². The Balaban J connectivity index is 2.02. The molecule has 0 saturated carbocycles. The Hall–Kier alpha value is -3.15. The fraction of sp³-hybridized carbons (Fsp3) is 0.0588. The number of carbonyl (C=O) groups is 1. The van der Waals surface area contributed by atoms with Crippen LogP contribution in [-0.2, 0) is 0 Å². The van der Waals surface area contributed by atoms with Crippen molar-refractivity contribution in [2.45, 2.75) is 0 Å². The molecule has 5 nitrogen and oxygen atoms in total. The van der Waals surface area contributed by atoms with Gasteiger partial charge in [-0.3, -0.25) is 0 Å². The predicted molar refractivity (Wildman–Crippen MR) is 82.5 cm³/mol. The lowest BCUT2D eigenvalue weighted by Crippen LogP contribution is -2.01. The summed E-state index contributed by atoms with van der Waals surface area (Å²) in [7, 11) is 1.41. The summed E-state index contributed by atoms with van der Waals surface area (Å²) in [4.78, 5) is 10.9. The van der Waals surface area contributed by atoms with Gasteiger partial charge in [-0.1, -0.05) is 0 Å². The van der Waals surface area contributed by atoms with Crippen molar-refractivity contribution in [3.8, 4) is 22.7 Å². The zero-order chi connectivity index (χ0) is 16.4. The van der Waals surface area contributed by atoms with Crippen molar-refractivity contribution in [1.29, 1.82) is 0 Å². The molecular weight excluding hydrogens is 299 g/mol. The van der Waals surface area contributed by atoms with Gasteiger partial charge < -0.3 is 9.84 Å². The van der Waals surface area contributed by atoms with Gasteiger partial charge in [-0.15, -0.1) is 0 Å². The summed E-state index contributed by atoms with van der Waals surface area (Å²) in [5.74, 6) is -1.28. The molecule has 0 amide bonds. The molecule has 116 valence electrons. The van der Waals surface area contributed by atoms with Crippen LogP contribution in [0.3, 0.4) is 0 Å². The lowest BCUT2D eigenvalue weighted by Gasteiger charge is -2.09. The van der Waals surface area contributed by atoms with Gasteiger partial charge >= 0.3 is 5.97 Å². The second-order valence-electron chi connectivity index (χ2n) is 4.83. The summed E-state index contributed by atoms with van der Waals surface area (Å²) in [6.07, 6.45) is 1.60. The topological polar surface area (TPSA) is 64.4 Å². The van der Waals surface area contributed by atoms with E-state index in [0.29, 0.717) is 16.9 Å². The number of ether oxygens (including phenoxy) is 1. The third kappa shape index (κ3) is 2.78. The van der Waals surface area contributed by atoms with E-state index in [9.17, 15) is 9.18 Å². The van der Waals surface area contributed by atoms with Gasteiger partial charge in [0.2, 0.25) is 0 Å². The van der Waals surface area contributed by atoms with Gasteiger partial charge in [-0.05, 0) is 48.5 Å². The molecule has 23 heavy (non-hydrogen) atoms. The third-order valence-corrected chi connectivity index (χ3v) is 3.45. The van der Waals surface area contributed by atoms with Crippen LogP contribution < -0.4 is 4.74 Å². The van der Waals surface area contributed by atoms with Gasteiger partial charge in [0.05, 0.1) is 30.3 Å². The summed E-state index contributed by atoms with van der Waals surface area (Å²) < 4.78 is 20.4. The third-order valence-electron chi connectivity index (χ3n) is 3.45. The number of carboxylic acids is 1. The van der Waals surface area contributed by atoms with Gasteiger partial charge in [0, 0.05) is 5.56 Å². The molecule has 0 spiro atoms. The van der Waals surface area contributed by atoms with E-state index in [1.54, 1.807) is 41.2 Å². The van der Waals surface area contributed by atoms with E-state index in [1.165, 1.54) is 25.3 Å². The highest BCUT2D eigenvalue weighted by Gasteiger charge is 2.11. The largest absolute Gasteiger partial charge is 0.494 e. The number of carboxylic acid groups (broad SMARTS) is 1. The highest BCUT2D eigenvalue weighted by molar-refractivity contribution is 5.87. The van der Waals surface area contributed by atoms with Crippen molar-refractivity contribution in [3.63, 3.8) is 0 Å². The summed E-state index contributed by atoms with van der Waals surface area (Å²) in [6, 6.07) is 12.7. The van der Waals surface area contributed by atoms with Gasteiger partial charge in [0.25, 0.3) is 0 Å². The van der Waals surface area contributed by atoms with Crippen molar-refractivity contribution < 1.29 is 19.0 Å². The normalized spacial score (nSPS) is 10.5. The maximum Gasteiger partial charge on any atom is 0.335 e. The summed E-state index contributed by atoms with van der Waals surface area (Å²) in [5, 5.41) is 13.2. The first-order valence-corrected chi connectivity index (χ1v) is 6.82. The van der Waals surface area contributed by atoms with E-state index in [4.69, 9.17) is 9.84 Å². The summed E-state index contributed by atoms with van der Waals surface area (Å²) >= 11 is 0. The minimum Gasteiger partial charge on any atom is -0.494 e. The number of rotatable bonds is 4. The van der Waals surface area contributed by atoms with Crippen LogP contribution in [0.2, 0.25) is 0 Å². The van der Waals surface area contributed by atoms with Crippen molar-refractivity contribution >= 4 is 5.97 Å². The number of hydrogen-bond acceptors (Lipinski definition) is 3. The van der Waals surface area contributed by atoms with Crippen LogP contribution in [0.1, 0.15) is 10.4 Å². The fourth-order valence-corrected chi connectivity index (χ4v) is 2.30. The van der Waals surface area contributed by atoms with Crippen LogP contribution in [0.5, 0.6) is 5.75 Å². The molecule has 0 saturated heterocycles. The molecule has 1 heterocycles. The maximum atomic E-state index is 13.9. The van der Waals surface area contributed by atoms with Crippen molar-refractivity contribution in [2.75, 3.05) is 7.11 Å². The standard InChI is InChI=1S/C17H13FN2O3/c1-23-16-7-4-12(10-14(16)18)15-8-9-19-20(15)13-5-2-11(3-6-13)17(21)22/h2-10H,1H3,(H,21,22). The number of halogens is 1. The van der Waals surface area contributed by atoms with E-state index in [1.807, 2.05) is 0 Å². The molecule has 1 N–H and O–H groups in total. The fourth-order valence-electron chi connectivity index (χ4n) is 2.30. The molecule has 0 aliphatic heterocycles. The number of benzene rings is 2. The average molecular weight is 312 g/mol. The first-order chi connectivity index (χ1) is 11.1. The second-order valence-corrected chi connectivity index (χ2v) is 4.83. The van der Waals surface area contributed by atoms with Crippen molar-refractivity contribution in [1.82, 2.24) is 9.78 Å². The molecular formula is C17H13FN2O3. The number of aromatic nitrogens is 2. The highest BCUT2D eigenvalue weighted by Crippen LogP contribution is 2.27. The Morgan fingerprint density at radius 3 is 2.52 bits per heavy atom. The molecule has 0 aliphatic rings. The molecule has 3 aromatic rings. The van der Waals surface area contributed by atoms with E-state index in [0.717, 1.165) is 0 Å². The average Bonchev–Trinajstić information content (AvgIpc) is 3.04. The van der Waals surface area contributed by atoms with Gasteiger partial charge in [-0.25, -0.2) is 13.9 Å². The van der Waals surface area contributed by atoms with Crippen molar-refractivity contribution in [2.24, 2.45) is 0 Å². The zero-order valence-electron chi connectivity index (χ0n) is 12.2. The number of methoxy groups -OCH3 is 1. The van der Waals surface area contributed by atoms with Crippen LogP contribution >= 0.6 is 0 Å². The van der Waals surface area contributed by atoms with E-state index in [2.05, 4.69) is 5.10 Å². The zero-order valence-corrected chi connectivity index (χ0v) is 12.2. The van der Waals surface area contributed by atoms with Gasteiger partial charge in [-0.2, -0.15) is 5.10 Å². The monoisotopic (exact) mass is 312 g/mol. The molecule has 0 radical (unpaired) electrons. The van der Waals surface area contributed by atoms with Gasteiger partial charge in [0.1, 0.15) is 0 Å². The summed E-state index contributed by atoms with van der Waals surface area (Å²) in [5.41, 5.74) is 2.21. The maximum absolute atomic E-state index is 13.9. The Kier molecular flexibility index (Phi) is 3.80. The molecule has 1 aromatic heterocycles. The number of hydrogen-bond donors (Lipinski definition) is 1. The van der Waals surface area contributed by atoms with E-state index < -0.39 is 11.8 Å². The molecule has 6 heteroatoms. The molecule has 0 atom stereocenters. The van der Waals surface area contributed by atoms with Crippen LogP contribution in [0.25, 0.3) is 16.9 Å². The van der Waals surface area contributed by atoms with Crippen molar-refractivity contribution in [3.05, 3.63) is 66.1 Å². The number of nitrogens with zero attached hydrogens (tertiary/aromatic N) is 2. The number of aromatic carboxylic acids is 1. The molecule has 0 aliphatic carbocycles. The minimum absolute atomic E-state index is 0.172. The Bertz CT molecular complexity index is 857. The Morgan fingerprint density at radius 2 is 1.91 bits per heavy atom. The Labute approximate surface area is 131 Å². The smallest absolute Gasteiger partial charge is 0.335 e. The summed E-state index contributed by atoms with van der Waals surface area (Å²) in [6.45, 7) is 0. The first-order valence-electron chi connectivity index (χ1n) is 6.82. The SMILES string of the molecule is COc1ccc(-c2ccnn2-c2ccc(C(=O)O)cc2)cc1F. The predicted octanol–water partition coefficient (Wildman–Crippen LogP) is 3.39. The molecule has 0 unspecified atom stereocenters. The molecule has 2 aromatic carbocycles. The van der Waals surface area contributed by atoms with Crippen LogP contribution in [0, 0.1) is 5.82 Å². The lowest BCUT2D eigenvalue weighted by atomic mass is 10.1. The quantitative estimate of drug-likeness (QED) is 0.802. The second kappa shape index (κ2) is 5.92.